The Morgan fingerprint density at radius 3 is 2.75 bits per heavy atom. The standard InChI is InChI=1S/C14H14N2O4/c1-9-8-11(16(18)19)5-6-13(9)20-14-12(10(2)17)4-3-7-15-14/h3-8,10,17H,1-2H3/t10-/m0/s1. The van der Waals surface area contributed by atoms with Crippen LogP contribution in [0, 0.1) is 17.0 Å². The van der Waals surface area contributed by atoms with Crippen LogP contribution < -0.4 is 4.74 Å². The van der Waals surface area contributed by atoms with Crippen LogP contribution in [0.25, 0.3) is 0 Å². The summed E-state index contributed by atoms with van der Waals surface area (Å²) in [6.45, 7) is 3.33. The second kappa shape index (κ2) is 5.66. The molecule has 0 amide bonds. The minimum atomic E-state index is -0.711. The van der Waals surface area contributed by atoms with Gasteiger partial charge in [-0.25, -0.2) is 4.98 Å². The van der Waals surface area contributed by atoms with E-state index in [1.165, 1.54) is 18.2 Å². The molecule has 0 aliphatic rings. The molecule has 1 heterocycles. The van der Waals surface area contributed by atoms with Gasteiger partial charge in [0.15, 0.2) is 0 Å². The summed E-state index contributed by atoms with van der Waals surface area (Å²) in [5.41, 5.74) is 1.19. The predicted octanol–water partition coefficient (Wildman–Crippen LogP) is 3.14. The fourth-order valence-corrected chi connectivity index (χ4v) is 1.77. The van der Waals surface area contributed by atoms with Crippen molar-refractivity contribution in [2.24, 2.45) is 0 Å². The van der Waals surface area contributed by atoms with Crippen LogP contribution in [0.5, 0.6) is 11.6 Å². The maximum absolute atomic E-state index is 10.7. The third-order valence-electron chi connectivity index (χ3n) is 2.83. The van der Waals surface area contributed by atoms with Crippen molar-refractivity contribution in [2.45, 2.75) is 20.0 Å². The summed E-state index contributed by atoms with van der Waals surface area (Å²) in [6.07, 6.45) is 0.846. The molecule has 0 saturated carbocycles. The summed E-state index contributed by atoms with van der Waals surface area (Å²) in [4.78, 5) is 14.3. The van der Waals surface area contributed by atoms with E-state index in [1.54, 1.807) is 32.2 Å². The first-order valence-electron chi connectivity index (χ1n) is 6.05. The number of pyridine rings is 1. The zero-order valence-corrected chi connectivity index (χ0v) is 11.1. The second-order valence-corrected chi connectivity index (χ2v) is 4.38. The van der Waals surface area contributed by atoms with E-state index in [9.17, 15) is 15.2 Å². The molecule has 104 valence electrons. The lowest BCUT2D eigenvalue weighted by Crippen LogP contribution is -1.99. The monoisotopic (exact) mass is 274 g/mol. The molecule has 1 aromatic carbocycles. The zero-order chi connectivity index (χ0) is 14.7. The molecule has 6 nitrogen and oxygen atoms in total. The molecule has 0 bridgehead atoms. The fraction of sp³-hybridized carbons (Fsp3) is 0.214. The van der Waals surface area contributed by atoms with Crippen LogP contribution in [0.2, 0.25) is 0 Å². The molecule has 2 aromatic rings. The van der Waals surface area contributed by atoms with Crippen LogP contribution in [0.1, 0.15) is 24.2 Å². The number of aryl methyl sites for hydroxylation is 1. The van der Waals surface area contributed by atoms with E-state index in [2.05, 4.69) is 4.98 Å². The van der Waals surface area contributed by atoms with Gasteiger partial charge in [0, 0.05) is 23.9 Å². The van der Waals surface area contributed by atoms with Gasteiger partial charge in [-0.1, -0.05) is 0 Å². The lowest BCUT2D eigenvalue weighted by atomic mass is 10.1. The van der Waals surface area contributed by atoms with Gasteiger partial charge < -0.3 is 9.84 Å². The third-order valence-corrected chi connectivity index (χ3v) is 2.83. The number of aliphatic hydroxyl groups is 1. The molecule has 0 spiro atoms. The lowest BCUT2D eigenvalue weighted by molar-refractivity contribution is -0.384. The number of nitro benzene ring substituents is 1. The highest BCUT2D eigenvalue weighted by molar-refractivity contribution is 5.45. The average Bonchev–Trinajstić information content (AvgIpc) is 2.41. The van der Waals surface area contributed by atoms with Gasteiger partial charge in [0.2, 0.25) is 5.88 Å². The molecular weight excluding hydrogens is 260 g/mol. The summed E-state index contributed by atoms with van der Waals surface area (Å²) < 4.78 is 5.64. The number of non-ortho nitro benzene ring substituents is 1. The minimum Gasteiger partial charge on any atom is -0.438 e. The van der Waals surface area contributed by atoms with Crippen LogP contribution in [-0.4, -0.2) is 15.0 Å². The second-order valence-electron chi connectivity index (χ2n) is 4.38. The first-order chi connectivity index (χ1) is 9.49. The van der Waals surface area contributed by atoms with E-state index in [-0.39, 0.29) is 5.69 Å². The topological polar surface area (TPSA) is 85.5 Å². The summed E-state index contributed by atoms with van der Waals surface area (Å²) in [5.74, 6) is 0.760. The van der Waals surface area contributed by atoms with Crippen molar-refractivity contribution >= 4 is 5.69 Å². The molecule has 0 radical (unpaired) electrons. The maximum atomic E-state index is 10.7. The number of ether oxygens (including phenoxy) is 1. The smallest absolute Gasteiger partial charge is 0.269 e. The van der Waals surface area contributed by atoms with Gasteiger partial charge in [-0.15, -0.1) is 0 Å². The van der Waals surface area contributed by atoms with Crippen LogP contribution in [0.15, 0.2) is 36.5 Å². The number of aromatic nitrogens is 1. The Kier molecular flexibility index (Phi) is 3.95. The summed E-state index contributed by atoms with van der Waals surface area (Å²) >= 11 is 0. The normalized spacial score (nSPS) is 11.9. The molecular formula is C14H14N2O4. The molecule has 0 unspecified atom stereocenters. The van der Waals surface area contributed by atoms with Crippen LogP contribution >= 0.6 is 0 Å². The van der Waals surface area contributed by atoms with Crippen molar-refractivity contribution in [3.8, 4) is 11.6 Å². The minimum absolute atomic E-state index is 0.00613. The van der Waals surface area contributed by atoms with Crippen molar-refractivity contribution in [1.82, 2.24) is 4.98 Å². The van der Waals surface area contributed by atoms with Crippen molar-refractivity contribution in [3.05, 3.63) is 57.8 Å². The molecule has 0 saturated heterocycles. The Labute approximate surface area is 115 Å². The van der Waals surface area contributed by atoms with Crippen LogP contribution in [0.4, 0.5) is 5.69 Å². The average molecular weight is 274 g/mol. The Morgan fingerprint density at radius 1 is 1.40 bits per heavy atom. The predicted molar refractivity (Wildman–Crippen MR) is 72.8 cm³/mol. The molecule has 2 rings (SSSR count). The molecule has 0 aliphatic carbocycles. The number of benzene rings is 1. The number of rotatable bonds is 4. The van der Waals surface area contributed by atoms with Crippen molar-refractivity contribution in [3.63, 3.8) is 0 Å². The van der Waals surface area contributed by atoms with Crippen molar-refractivity contribution in [2.75, 3.05) is 0 Å². The number of nitrogens with zero attached hydrogens (tertiary/aromatic N) is 2. The first kappa shape index (κ1) is 14.0. The van der Waals surface area contributed by atoms with Crippen LogP contribution in [0.3, 0.4) is 0 Å². The van der Waals surface area contributed by atoms with Gasteiger partial charge in [-0.2, -0.15) is 0 Å². The number of hydrogen-bond acceptors (Lipinski definition) is 5. The van der Waals surface area contributed by atoms with Gasteiger partial charge in [-0.05, 0) is 37.6 Å². The Morgan fingerprint density at radius 2 is 2.15 bits per heavy atom. The van der Waals surface area contributed by atoms with E-state index in [1.807, 2.05) is 0 Å². The van der Waals surface area contributed by atoms with Gasteiger partial charge in [-0.3, -0.25) is 10.1 Å². The number of nitro groups is 1. The van der Waals surface area contributed by atoms with Gasteiger partial charge in [0.25, 0.3) is 5.69 Å². The lowest BCUT2D eigenvalue weighted by Gasteiger charge is -2.12. The summed E-state index contributed by atoms with van der Waals surface area (Å²) in [7, 11) is 0. The fourth-order valence-electron chi connectivity index (χ4n) is 1.77. The van der Waals surface area contributed by atoms with Crippen molar-refractivity contribution < 1.29 is 14.8 Å². The molecule has 1 aromatic heterocycles. The van der Waals surface area contributed by atoms with Gasteiger partial charge in [0.1, 0.15) is 5.75 Å². The highest BCUT2D eigenvalue weighted by atomic mass is 16.6. The molecule has 0 aliphatic heterocycles. The Balaban J connectivity index is 2.33. The van der Waals surface area contributed by atoms with E-state index < -0.39 is 11.0 Å². The summed E-state index contributed by atoms with van der Waals surface area (Å²) in [5, 5.41) is 20.3. The quantitative estimate of drug-likeness (QED) is 0.683. The number of hydrogen-bond donors (Lipinski definition) is 1. The van der Waals surface area contributed by atoms with E-state index in [4.69, 9.17) is 4.74 Å². The van der Waals surface area contributed by atoms with E-state index >= 15 is 0 Å². The SMILES string of the molecule is Cc1cc([N+](=O)[O-])ccc1Oc1ncccc1[C@H](C)O. The number of aliphatic hydroxyl groups excluding tert-OH is 1. The highest BCUT2D eigenvalue weighted by Gasteiger charge is 2.14. The van der Waals surface area contributed by atoms with E-state index in [0.29, 0.717) is 22.8 Å². The largest absolute Gasteiger partial charge is 0.438 e. The first-order valence-corrected chi connectivity index (χ1v) is 6.05. The van der Waals surface area contributed by atoms with Crippen LogP contribution in [-0.2, 0) is 0 Å². The molecule has 1 atom stereocenters. The summed E-state index contributed by atoms with van der Waals surface area (Å²) in [6, 6.07) is 7.74. The van der Waals surface area contributed by atoms with E-state index in [0.717, 1.165) is 0 Å². The van der Waals surface area contributed by atoms with Gasteiger partial charge in [0.05, 0.1) is 11.0 Å². The van der Waals surface area contributed by atoms with Gasteiger partial charge >= 0.3 is 0 Å². The Bertz CT molecular complexity index is 641. The third kappa shape index (κ3) is 2.92. The maximum Gasteiger partial charge on any atom is 0.269 e. The molecule has 6 heteroatoms. The highest BCUT2D eigenvalue weighted by Crippen LogP contribution is 2.30. The molecule has 0 fully saturated rings. The Hall–Kier alpha value is -2.47. The molecule has 20 heavy (non-hydrogen) atoms. The van der Waals surface area contributed by atoms with Crippen molar-refractivity contribution in [1.29, 1.82) is 0 Å². The zero-order valence-electron chi connectivity index (χ0n) is 11.1. The molecule has 1 N–H and O–H groups in total.